The van der Waals surface area contributed by atoms with Gasteiger partial charge in [-0.3, -0.25) is 19.7 Å². The molecule has 0 radical (unpaired) electrons. The number of nitro groups is 1. The number of nitrogens with one attached hydrogen (secondary N) is 1. The molecular formula is C16H15N3O5S. The molecule has 25 heavy (non-hydrogen) atoms. The van der Waals surface area contributed by atoms with Crippen LogP contribution in [0.1, 0.15) is 24.8 Å². The monoisotopic (exact) mass is 361 g/mol. The topological polar surface area (TPSA) is 122 Å². The van der Waals surface area contributed by atoms with Gasteiger partial charge in [-0.2, -0.15) is 5.26 Å². The fourth-order valence-electron chi connectivity index (χ4n) is 2.48. The van der Waals surface area contributed by atoms with Gasteiger partial charge in [0.25, 0.3) is 5.69 Å². The van der Waals surface area contributed by atoms with Gasteiger partial charge in [0.15, 0.2) is 0 Å². The number of allylic oxidation sites excluding steroid dienone is 1. The zero-order chi connectivity index (χ0) is 18.4. The van der Waals surface area contributed by atoms with E-state index in [2.05, 4.69) is 5.32 Å². The fraction of sp³-hybridized carbons (Fsp3) is 0.312. The summed E-state index contributed by atoms with van der Waals surface area (Å²) in [4.78, 5) is 34.2. The van der Waals surface area contributed by atoms with E-state index >= 15 is 0 Å². The number of benzene rings is 1. The number of ether oxygens (including phenoxy) is 1. The highest BCUT2D eigenvalue weighted by Crippen LogP contribution is 2.39. The Kier molecular flexibility index (Phi) is 6.14. The molecule has 0 bridgehead atoms. The molecule has 1 atom stereocenters. The minimum absolute atomic E-state index is 0.0712. The van der Waals surface area contributed by atoms with Crippen molar-refractivity contribution in [1.82, 2.24) is 5.32 Å². The van der Waals surface area contributed by atoms with E-state index in [-0.39, 0.29) is 41.0 Å². The number of nitrogens with zero attached hydrogens (tertiary/aromatic N) is 2. The molecule has 0 unspecified atom stereocenters. The van der Waals surface area contributed by atoms with Gasteiger partial charge in [-0.15, -0.1) is 0 Å². The molecule has 0 aliphatic carbocycles. The van der Waals surface area contributed by atoms with Crippen molar-refractivity contribution in [1.29, 1.82) is 5.26 Å². The molecular weight excluding hydrogens is 346 g/mol. The van der Waals surface area contributed by atoms with E-state index in [1.54, 1.807) is 13.0 Å². The van der Waals surface area contributed by atoms with Crippen LogP contribution in [0.25, 0.3) is 0 Å². The van der Waals surface area contributed by atoms with E-state index < -0.39 is 16.8 Å². The second-order valence-electron chi connectivity index (χ2n) is 5.07. The van der Waals surface area contributed by atoms with Gasteiger partial charge in [-0.1, -0.05) is 30.0 Å². The molecule has 0 saturated carbocycles. The summed E-state index contributed by atoms with van der Waals surface area (Å²) in [5.41, 5.74) is 0.348. The lowest BCUT2D eigenvalue weighted by molar-refractivity contribution is -0.385. The molecule has 0 spiro atoms. The van der Waals surface area contributed by atoms with Crippen molar-refractivity contribution in [3.63, 3.8) is 0 Å². The van der Waals surface area contributed by atoms with Gasteiger partial charge < -0.3 is 10.1 Å². The molecule has 1 amide bonds. The number of thioether (sulfide) groups is 1. The summed E-state index contributed by atoms with van der Waals surface area (Å²) in [6, 6.07) is 8.03. The summed E-state index contributed by atoms with van der Waals surface area (Å²) in [6.07, 6.45) is -0.0722. The normalized spacial score (nSPS) is 16.8. The average molecular weight is 361 g/mol. The Hall–Kier alpha value is -2.86. The van der Waals surface area contributed by atoms with Gasteiger partial charge in [-0.05, 0) is 6.92 Å². The number of para-hydroxylation sites is 1. The maximum absolute atomic E-state index is 12.0. The van der Waals surface area contributed by atoms with Crippen molar-refractivity contribution in [2.75, 3.05) is 12.4 Å². The number of amides is 1. The van der Waals surface area contributed by atoms with Gasteiger partial charge in [0.2, 0.25) is 5.91 Å². The molecule has 1 aromatic carbocycles. The predicted molar refractivity (Wildman–Crippen MR) is 90.3 cm³/mol. The molecule has 0 fully saturated rings. The lowest BCUT2D eigenvalue weighted by Crippen LogP contribution is -2.31. The zero-order valence-corrected chi connectivity index (χ0v) is 14.2. The largest absolute Gasteiger partial charge is 0.465 e. The van der Waals surface area contributed by atoms with E-state index in [0.717, 1.165) is 11.8 Å². The first-order valence-electron chi connectivity index (χ1n) is 7.43. The molecule has 0 aromatic heterocycles. The van der Waals surface area contributed by atoms with Crippen LogP contribution in [-0.2, 0) is 14.3 Å². The fourth-order valence-corrected chi connectivity index (χ4v) is 3.36. The van der Waals surface area contributed by atoms with Crippen LogP contribution in [0, 0.1) is 21.4 Å². The Balaban J connectivity index is 2.39. The Morgan fingerprint density at radius 1 is 1.52 bits per heavy atom. The molecule has 9 heteroatoms. The molecule has 2 rings (SSSR count). The third kappa shape index (κ3) is 4.36. The summed E-state index contributed by atoms with van der Waals surface area (Å²) in [7, 11) is 0. The average Bonchev–Trinajstić information content (AvgIpc) is 2.59. The first kappa shape index (κ1) is 18.5. The number of esters is 1. The number of nitro benzene ring substituents is 1. The Bertz CT molecular complexity index is 784. The molecule has 0 saturated heterocycles. The maximum atomic E-state index is 12.0. The smallest absolute Gasteiger partial charge is 0.316 e. The maximum Gasteiger partial charge on any atom is 0.316 e. The molecule has 1 aliphatic rings. The van der Waals surface area contributed by atoms with Crippen molar-refractivity contribution in [2.24, 2.45) is 0 Å². The molecule has 1 heterocycles. The summed E-state index contributed by atoms with van der Waals surface area (Å²) < 4.78 is 4.82. The minimum Gasteiger partial charge on any atom is -0.465 e. The zero-order valence-electron chi connectivity index (χ0n) is 13.4. The van der Waals surface area contributed by atoms with Crippen LogP contribution >= 0.6 is 11.8 Å². The van der Waals surface area contributed by atoms with Crippen LogP contribution in [-0.4, -0.2) is 29.2 Å². The van der Waals surface area contributed by atoms with Crippen LogP contribution in [0.5, 0.6) is 0 Å². The van der Waals surface area contributed by atoms with Crippen molar-refractivity contribution >= 4 is 29.3 Å². The second-order valence-corrected chi connectivity index (χ2v) is 6.05. The number of carbonyl (C=O) groups excluding carboxylic acids is 2. The van der Waals surface area contributed by atoms with Crippen LogP contribution in [0.3, 0.4) is 0 Å². The number of rotatable bonds is 6. The van der Waals surface area contributed by atoms with E-state index in [0.29, 0.717) is 5.56 Å². The van der Waals surface area contributed by atoms with Crippen LogP contribution in [0.2, 0.25) is 0 Å². The van der Waals surface area contributed by atoms with Gasteiger partial charge in [0.05, 0.1) is 34.0 Å². The predicted octanol–water partition coefficient (Wildman–Crippen LogP) is 2.23. The highest BCUT2D eigenvalue weighted by Gasteiger charge is 2.33. The Morgan fingerprint density at radius 3 is 2.88 bits per heavy atom. The van der Waals surface area contributed by atoms with E-state index in [1.165, 1.54) is 18.2 Å². The Morgan fingerprint density at radius 2 is 2.24 bits per heavy atom. The highest BCUT2D eigenvalue weighted by atomic mass is 32.2. The van der Waals surface area contributed by atoms with Gasteiger partial charge >= 0.3 is 5.97 Å². The number of hydrogen-bond donors (Lipinski definition) is 1. The molecule has 8 nitrogen and oxygen atoms in total. The minimum atomic E-state index is -0.731. The van der Waals surface area contributed by atoms with E-state index in [9.17, 15) is 25.0 Å². The number of hydrogen-bond acceptors (Lipinski definition) is 7. The van der Waals surface area contributed by atoms with Gasteiger partial charge in [0, 0.05) is 24.0 Å². The van der Waals surface area contributed by atoms with Crippen LogP contribution < -0.4 is 5.32 Å². The lowest BCUT2D eigenvalue weighted by atomic mass is 9.86. The van der Waals surface area contributed by atoms with E-state index in [1.807, 2.05) is 6.07 Å². The first-order chi connectivity index (χ1) is 12.0. The second kappa shape index (κ2) is 8.30. The van der Waals surface area contributed by atoms with Crippen LogP contribution in [0.15, 0.2) is 34.9 Å². The lowest BCUT2D eigenvalue weighted by Gasteiger charge is -2.24. The van der Waals surface area contributed by atoms with Crippen LogP contribution in [0.4, 0.5) is 5.69 Å². The van der Waals surface area contributed by atoms with Gasteiger partial charge in [0.1, 0.15) is 0 Å². The SMILES string of the molecule is CCOC(=O)CSC1=C(C#N)[C@H](c2ccccc2[N+](=O)[O-])CC(=O)N1. The third-order valence-electron chi connectivity index (χ3n) is 3.50. The summed E-state index contributed by atoms with van der Waals surface area (Å²) in [5.74, 6) is -1.64. The standard InChI is InChI=1S/C16H15N3O5S/c1-2-24-15(21)9-25-16-12(8-17)11(7-14(20)18-16)10-5-3-4-6-13(10)19(22)23/h3-6,11H,2,7,9H2,1H3,(H,18,20)/t11-/m0/s1. The summed E-state index contributed by atoms with van der Waals surface area (Å²) >= 11 is 0.975. The summed E-state index contributed by atoms with van der Waals surface area (Å²) in [5, 5.41) is 23.6. The van der Waals surface area contributed by atoms with Crippen molar-refractivity contribution in [3.05, 3.63) is 50.5 Å². The van der Waals surface area contributed by atoms with E-state index in [4.69, 9.17) is 4.74 Å². The molecule has 1 N–H and O–H groups in total. The molecule has 1 aliphatic heterocycles. The van der Waals surface area contributed by atoms with Crippen molar-refractivity contribution in [2.45, 2.75) is 19.3 Å². The number of carbonyl (C=O) groups is 2. The van der Waals surface area contributed by atoms with Crippen molar-refractivity contribution < 1.29 is 19.2 Å². The summed E-state index contributed by atoms with van der Waals surface area (Å²) in [6.45, 7) is 1.91. The molecule has 130 valence electrons. The quantitative estimate of drug-likeness (QED) is 0.468. The van der Waals surface area contributed by atoms with Crippen molar-refractivity contribution in [3.8, 4) is 6.07 Å². The highest BCUT2D eigenvalue weighted by molar-refractivity contribution is 8.03. The molecule has 1 aromatic rings. The third-order valence-corrected chi connectivity index (χ3v) is 4.50. The van der Waals surface area contributed by atoms with Gasteiger partial charge in [-0.25, -0.2) is 0 Å². The Labute approximate surface area is 148 Å². The first-order valence-corrected chi connectivity index (χ1v) is 8.42. The number of nitriles is 1.